The molecule has 0 spiro atoms. The quantitative estimate of drug-likeness (QED) is 0.747. The number of nitrogens with one attached hydrogen (secondary N) is 1. The molecule has 1 N–H and O–H groups in total. The van der Waals surface area contributed by atoms with Gasteiger partial charge in [-0.15, -0.1) is 10.2 Å². The average molecular weight is 364 g/mol. The first-order valence-corrected chi connectivity index (χ1v) is 7.57. The van der Waals surface area contributed by atoms with Crippen molar-refractivity contribution in [3.63, 3.8) is 0 Å². The zero-order valence-electron chi connectivity index (χ0n) is 12.4. The summed E-state index contributed by atoms with van der Waals surface area (Å²) >= 11 is 11.8. The maximum atomic E-state index is 12.2. The first-order valence-electron chi connectivity index (χ1n) is 6.81. The first kappa shape index (κ1) is 16.3. The van der Waals surface area contributed by atoms with Crippen LogP contribution in [0.25, 0.3) is 11.5 Å². The van der Waals surface area contributed by atoms with Gasteiger partial charge >= 0.3 is 11.8 Å². The highest BCUT2D eigenvalue weighted by Crippen LogP contribution is 2.27. The van der Waals surface area contributed by atoms with Crippen LogP contribution >= 0.6 is 23.2 Å². The highest BCUT2D eigenvalue weighted by atomic mass is 35.5. The number of benzene rings is 2. The summed E-state index contributed by atoms with van der Waals surface area (Å²) in [6, 6.07) is 11.7. The summed E-state index contributed by atoms with van der Waals surface area (Å²) in [5.41, 5.74) is 1.15. The Morgan fingerprint density at radius 3 is 2.54 bits per heavy atom. The Kier molecular flexibility index (Phi) is 4.69. The predicted molar refractivity (Wildman–Crippen MR) is 90.7 cm³/mol. The standard InChI is InChI=1S/C16H11Cl2N3O3/c1-23-13-7-6-11(8-12(13)18)19-14(22)16-21-20-15(24-16)9-2-4-10(17)5-3-9/h2-8H,1H3,(H,19,22). The van der Waals surface area contributed by atoms with E-state index < -0.39 is 5.91 Å². The molecule has 6 nitrogen and oxygen atoms in total. The van der Waals surface area contributed by atoms with Crippen LogP contribution < -0.4 is 10.1 Å². The van der Waals surface area contributed by atoms with Gasteiger partial charge in [-0.2, -0.15) is 0 Å². The third-order valence-electron chi connectivity index (χ3n) is 3.12. The lowest BCUT2D eigenvalue weighted by Crippen LogP contribution is -2.12. The zero-order valence-corrected chi connectivity index (χ0v) is 13.9. The van der Waals surface area contributed by atoms with Gasteiger partial charge in [-0.1, -0.05) is 23.2 Å². The Morgan fingerprint density at radius 1 is 1.12 bits per heavy atom. The molecule has 0 fully saturated rings. The van der Waals surface area contributed by atoms with E-state index in [9.17, 15) is 4.79 Å². The molecule has 122 valence electrons. The Balaban J connectivity index is 1.76. The van der Waals surface area contributed by atoms with E-state index in [1.165, 1.54) is 7.11 Å². The molecule has 0 aliphatic heterocycles. The lowest BCUT2D eigenvalue weighted by atomic mass is 10.2. The molecule has 0 unspecified atom stereocenters. The maximum Gasteiger partial charge on any atom is 0.313 e. The summed E-state index contributed by atoms with van der Waals surface area (Å²) < 4.78 is 10.4. The molecule has 2 aromatic carbocycles. The van der Waals surface area contributed by atoms with Crippen LogP contribution in [0, 0.1) is 0 Å². The van der Waals surface area contributed by atoms with Crippen LogP contribution in [0.3, 0.4) is 0 Å². The van der Waals surface area contributed by atoms with E-state index in [1.807, 2.05) is 0 Å². The molecule has 0 atom stereocenters. The van der Waals surface area contributed by atoms with Crippen LogP contribution in [0.4, 0.5) is 5.69 Å². The summed E-state index contributed by atoms with van der Waals surface area (Å²) in [5, 5.41) is 11.2. The van der Waals surface area contributed by atoms with E-state index in [2.05, 4.69) is 15.5 Å². The van der Waals surface area contributed by atoms with Crippen LogP contribution in [0.15, 0.2) is 46.9 Å². The fraction of sp³-hybridized carbons (Fsp3) is 0.0625. The van der Waals surface area contributed by atoms with Crippen molar-refractivity contribution >= 4 is 34.8 Å². The van der Waals surface area contributed by atoms with Gasteiger partial charge in [0, 0.05) is 16.3 Å². The molecule has 0 saturated heterocycles. The highest BCUT2D eigenvalue weighted by Gasteiger charge is 2.16. The van der Waals surface area contributed by atoms with E-state index in [-0.39, 0.29) is 11.8 Å². The molecule has 8 heteroatoms. The lowest BCUT2D eigenvalue weighted by Gasteiger charge is -2.06. The van der Waals surface area contributed by atoms with E-state index >= 15 is 0 Å². The fourth-order valence-electron chi connectivity index (χ4n) is 1.95. The maximum absolute atomic E-state index is 12.2. The molecule has 0 bridgehead atoms. The lowest BCUT2D eigenvalue weighted by molar-refractivity contribution is 0.0991. The minimum absolute atomic E-state index is 0.160. The summed E-state index contributed by atoms with van der Waals surface area (Å²) in [4.78, 5) is 12.2. The smallest absolute Gasteiger partial charge is 0.313 e. The summed E-state index contributed by atoms with van der Waals surface area (Å²) in [6.07, 6.45) is 0. The number of hydrogen-bond donors (Lipinski definition) is 1. The summed E-state index contributed by atoms with van der Waals surface area (Å²) in [6.45, 7) is 0. The van der Waals surface area contributed by atoms with Crippen molar-refractivity contribution in [3.8, 4) is 17.2 Å². The monoisotopic (exact) mass is 363 g/mol. The van der Waals surface area contributed by atoms with Gasteiger partial charge in [0.15, 0.2) is 0 Å². The minimum atomic E-state index is -0.538. The fourth-order valence-corrected chi connectivity index (χ4v) is 2.34. The van der Waals surface area contributed by atoms with Gasteiger partial charge in [-0.3, -0.25) is 4.79 Å². The van der Waals surface area contributed by atoms with Crippen molar-refractivity contribution in [2.75, 3.05) is 12.4 Å². The number of methoxy groups -OCH3 is 1. The third kappa shape index (κ3) is 3.50. The van der Waals surface area contributed by atoms with Crippen molar-refractivity contribution in [3.05, 3.63) is 58.4 Å². The van der Waals surface area contributed by atoms with Crippen LogP contribution in [-0.4, -0.2) is 23.2 Å². The van der Waals surface area contributed by atoms with Gasteiger partial charge in [0.25, 0.3) is 0 Å². The number of halogens is 2. The molecule has 1 amide bonds. The normalized spacial score (nSPS) is 10.5. The summed E-state index contributed by atoms with van der Waals surface area (Å²) in [7, 11) is 1.51. The van der Waals surface area contributed by atoms with Crippen LogP contribution in [0.5, 0.6) is 5.75 Å². The number of nitrogens with zero attached hydrogens (tertiary/aromatic N) is 2. The SMILES string of the molecule is COc1ccc(NC(=O)c2nnc(-c3ccc(Cl)cc3)o2)cc1Cl. The second kappa shape index (κ2) is 6.90. The largest absolute Gasteiger partial charge is 0.495 e. The zero-order chi connectivity index (χ0) is 17.1. The van der Waals surface area contributed by atoms with Crippen molar-refractivity contribution in [2.45, 2.75) is 0 Å². The first-order chi connectivity index (χ1) is 11.6. The van der Waals surface area contributed by atoms with Crippen molar-refractivity contribution < 1.29 is 13.9 Å². The molecular formula is C16H11Cl2N3O3. The van der Waals surface area contributed by atoms with Crippen molar-refractivity contribution in [1.82, 2.24) is 10.2 Å². The number of carbonyl (C=O) groups is 1. The van der Waals surface area contributed by atoms with Gasteiger partial charge in [-0.25, -0.2) is 0 Å². The molecule has 0 aliphatic carbocycles. The molecule has 24 heavy (non-hydrogen) atoms. The van der Waals surface area contributed by atoms with E-state index in [1.54, 1.807) is 42.5 Å². The van der Waals surface area contributed by atoms with Crippen molar-refractivity contribution in [1.29, 1.82) is 0 Å². The van der Waals surface area contributed by atoms with Gasteiger partial charge in [0.05, 0.1) is 12.1 Å². The van der Waals surface area contributed by atoms with Crippen LogP contribution in [-0.2, 0) is 0 Å². The number of hydrogen-bond acceptors (Lipinski definition) is 5. The average Bonchev–Trinajstić information content (AvgIpc) is 3.06. The van der Waals surface area contributed by atoms with Gasteiger partial charge in [-0.05, 0) is 42.5 Å². The number of aromatic nitrogens is 2. The Morgan fingerprint density at radius 2 is 1.88 bits per heavy atom. The Labute approximate surface area is 147 Å². The molecule has 0 saturated carbocycles. The second-order valence-electron chi connectivity index (χ2n) is 4.72. The number of anilines is 1. The van der Waals surface area contributed by atoms with Crippen molar-refractivity contribution in [2.24, 2.45) is 0 Å². The second-order valence-corrected chi connectivity index (χ2v) is 5.57. The highest BCUT2D eigenvalue weighted by molar-refractivity contribution is 6.32. The Bertz CT molecular complexity index is 879. The van der Waals surface area contributed by atoms with Crippen LogP contribution in [0.1, 0.15) is 10.7 Å². The molecule has 0 radical (unpaired) electrons. The third-order valence-corrected chi connectivity index (χ3v) is 3.67. The number of carbonyl (C=O) groups excluding carboxylic acids is 1. The topological polar surface area (TPSA) is 77.2 Å². The number of rotatable bonds is 4. The number of ether oxygens (including phenoxy) is 1. The van der Waals surface area contributed by atoms with E-state index in [4.69, 9.17) is 32.4 Å². The molecule has 3 aromatic rings. The molecule has 1 aromatic heterocycles. The minimum Gasteiger partial charge on any atom is -0.495 e. The number of amides is 1. The molecule has 1 heterocycles. The van der Waals surface area contributed by atoms with Gasteiger partial charge in [0.2, 0.25) is 5.89 Å². The van der Waals surface area contributed by atoms with Gasteiger partial charge in [0.1, 0.15) is 5.75 Å². The van der Waals surface area contributed by atoms with Gasteiger partial charge < -0.3 is 14.5 Å². The molecular weight excluding hydrogens is 353 g/mol. The summed E-state index contributed by atoms with van der Waals surface area (Å²) in [5.74, 6) is 0.0397. The predicted octanol–water partition coefficient (Wildman–Crippen LogP) is 4.30. The van der Waals surface area contributed by atoms with E-state index in [0.717, 1.165) is 0 Å². The van der Waals surface area contributed by atoms with E-state index in [0.29, 0.717) is 27.0 Å². The Hall–Kier alpha value is -2.57. The molecule has 0 aliphatic rings. The molecule has 3 rings (SSSR count). The van der Waals surface area contributed by atoms with Crippen LogP contribution in [0.2, 0.25) is 10.0 Å².